The van der Waals surface area contributed by atoms with Crippen LogP contribution >= 0.6 is 0 Å². The number of likely N-dealkylation sites (N-methyl/N-ethyl adjacent to an activating group) is 1. The van der Waals surface area contributed by atoms with E-state index in [-0.39, 0.29) is 11.9 Å². The summed E-state index contributed by atoms with van der Waals surface area (Å²) in [6.45, 7) is 2.76. The Bertz CT molecular complexity index is 151. The zero-order valence-corrected chi connectivity index (χ0v) is 6.56. The van der Waals surface area contributed by atoms with Gasteiger partial charge in [-0.2, -0.15) is 0 Å². The summed E-state index contributed by atoms with van der Waals surface area (Å²) in [4.78, 5) is 11.1. The van der Waals surface area contributed by atoms with Crippen LogP contribution in [-0.4, -0.2) is 31.2 Å². The van der Waals surface area contributed by atoms with E-state index >= 15 is 0 Å². The lowest BCUT2D eigenvalue weighted by atomic mass is 10.2. The van der Waals surface area contributed by atoms with Gasteiger partial charge in [0.25, 0.3) is 0 Å². The van der Waals surface area contributed by atoms with Gasteiger partial charge < -0.3 is 10.6 Å². The minimum atomic E-state index is -0.859. The van der Waals surface area contributed by atoms with E-state index in [2.05, 4.69) is 10.6 Å². The first-order valence-electron chi connectivity index (χ1n) is 3.89. The highest BCUT2D eigenvalue weighted by molar-refractivity contribution is 5.82. The van der Waals surface area contributed by atoms with E-state index in [4.69, 9.17) is 0 Å². The van der Waals surface area contributed by atoms with Crippen LogP contribution in [0, 0.1) is 0 Å². The number of carbonyl (C=O) groups is 1. The molecule has 2 N–H and O–H groups in total. The molecule has 0 aliphatic carbocycles. The zero-order valence-electron chi connectivity index (χ0n) is 6.56. The first kappa shape index (κ1) is 8.46. The lowest BCUT2D eigenvalue weighted by Crippen LogP contribution is -2.40. The third kappa shape index (κ3) is 2.15. The Morgan fingerprint density at radius 3 is 3.00 bits per heavy atom. The lowest BCUT2D eigenvalue weighted by molar-refractivity contribution is -0.122. The second-order valence-corrected chi connectivity index (χ2v) is 2.69. The van der Waals surface area contributed by atoms with Crippen LogP contribution in [0.3, 0.4) is 0 Å². The highest BCUT2D eigenvalue weighted by Crippen LogP contribution is 2.09. The molecule has 1 saturated heterocycles. The van der Waals surface area contributed by atoms with Gasteiger partial charge in [-0.1, -0.05) is 0 Å². The number of hydrogen-bond donors (Lipinski definition) is 2. The Kier molecular flexibility index (Phi) is 2.82. The highest BCUT2D eigenvalue weighted by atomic mass is 19.1. The van der Waals surface area contributed by atoms with Gasteiger partial charge in [0, 0.05) is 19.5 Å². The number of carbonyl (C=O) groups excluding carboxylic acids is 1. The predicted octanol–water partition coefficient (Wildman–Crippen LogP) is -0.177. The van der Waals surface area contributed by atoms with Crippen LogP contribution in [-0.2, 0) is 4.79 Å². The lowest BCUT2D eigenvalue weighted by Gasteiger charge is -2.08. The third-order valence-electron chi connectivity index (χ3n) is 1.74. The van der Waals surface area contributed by atoms with E-state index in [0.717, 1.165) is 0 Å². The Morgan fingerprint density at radius 1 is 1.82 bits per heavy atom. The number of amides is 1. The molecule has 1 aliphatic rings. The molecule has 1 aliphatic heterocycles. The van der Waals surface area contributed by atoms with E-state index in [1.54, 1.807) is 0 Å². The van der Waals surface area contributed by atoms with Gasteiger partial charge in [-0.15, -0.1) is 0 Å². The van der Waals surface area contributed by atoms with Gasteiger partial charge >= 0.3 is 0 Å². The molecule has 1 heterocycles. The Labute approximate surface area is 65.3 Å². The summed E-state index contributed by atoms with van der Waals surface area (Å²) < 4.78 is 12.5. The van der Waals surface area contributed by atoms with Crippen molar-refractivity contribution in [3.05, 3.63) is 0 Å². The zero-order chi connectivity index (χ0) is 8.27. The first-order chi connectivity index (χ1) is 5.24. The third-order valence-corrected chi connectivity index (χ3v) is 1.74. The van der Waals surface area contributed by atoms with Crippen molar-refractivity contribution in [2.45, 2.75) is 25.6 Å². The fourth-order valence-electron chi connectivity index (χ4n) is 1.19. The van der Waals surface area contributed by atoms with Crippen molar-refractivity contribution in [1.29, 1.82) is 0 Å². The maximum atomic E-state index is 12.5. The second-order valence-electron chi connectivity index (χ2n) is 2.69. The molecule has 0 bridgehead atoms. The van der Waals surface area contributed by atoms with E-state index in [1.807, 2.05) is 6.92 Å². The van der Waals surface area contributed by atoms with Crippen LogP contribution in [0.5, 0.6) is 0 Å². The van der Waals surface area contributed by atoms with Gasteiger partial charge in [0.15, 0.2) is 0 Å². The van der Waals surface area contributed by atoms with Crippen molar-refractivity contribution < 1.29 is 9.18 Å². The summed E-state index contributed by atoms with van der Waals surface area (Å²) >= 11 is 0. The summed E-state index contributed by atoms with van der Waals surface area (Å²) in [5.74, 6) is -0.0901. The van der Waals surface area contributed by atoms with Gasteiger partial charge in [0.1, 0.15) is 6.17 Å². The maximum Gasteiger partial charge on any atom is 0.237 e. The molecule has 1 amide bonds. The maximum absolute atomic E-state index is 12.5. The van der Waals surface area contributed by atoms with Crippen LogP contribution < -0.4 is 10.6 Å². The van der Waals surface area contributed by atoms with Crippen molar-refractivity contribution >= 4 is 5.91 Å². The molecule has 1 fully saturated rings. The van der Waals surface area contributed by atoms with Gasteiger partial charge in [-0.25, -0.2) is 4.39 Å². The Hall–Kier alpha value is -0.640. The normalized spacial score (nSPS) is 30.4. The molecule has 3 nitrogen and oxygen atoms in total. The second kappa shape index (κ2) is 3.67. The molecule has 0 aromatic carbocycles. The standard InChI is InChI=1S/C7H13FN2O/c1-2-9-7(11)6-3-5(8)4-10-6/h5-6,10H,2-4H2,1H3,(H,9,11)/t5-,6-/m0/s1. The molecule has 0 unspecified atom stereocenters. The molecule has 2 atom stereocenters. The van der Waals surface area contributed by atoms with E-state index in [1.165, 1.54) is 0 Å². The fraction of sp³-hybridized carbons (Fsp3) is 0.857. The monoisotopic (exact) mass is 160 g/mol. The van der Waals surface area contributed by atoms with E-state index in [0.29, 0.717) is 19.5 Å². The van der Waals surface area contributed by atoms with E-state index < -0.39 is 6.17 Å². The minimum absolute atomic E-state index is 0.0901. The SMILES string of the molecule is CCNC(=O)[C@@H]1C[C@H](F)CN1. The molecule has 64 valence electrons. The molecule has 0 radical (unpaired) electrons. The molecule has 0 aromatic rings. The minimum Gasteiger partial charge on any atom is -0.355 e. The highest BCUT2D eigenvalue weighted by Gasteiger charge is 2.28. The quantitative estimate of drug-likeness (QED) is 0.588. The molecular weight excluding hydrogens is 147 g/mol. The first-order valence-corrected chi connectivity index (χ1v) is 3.89. The van der Waals surface area contributed by atoms with Gasteiger partial charge in [-0.3, -0.25) is 4.79 Å². The van der Waals surface area contributed by atoms with Crippen molar-refractivity contribution in [2.75, 3.05) is 13.1 Å². The van der Waals surface area contributed by atoms with Crippen molar-refractivity contribution in [3.8, 4) is 0 Å². The molecule has 0 spiro atoms. The van der Waals surface area contributed by atoms with Crippen molar-refractivity contribution in [2.24, 2.45) is 0 Å². The number of alkyl halides is 1. The predicted molar refractivity (Wildman–Crippen MR) is 40.0 cm³/mol. The molecular formula is C7H13FN2O. The van der Waals surface area contributed by atoms with Crippen LogP contribution in [0.25, 0.3) is 0 Å². The van der Waals surface area contributed by atoms with E-state index in [9.17, 15) is 9.18 Å². The number of rotatable bonds is 2. The van der Waals surface area contributed by atoms with Gasteiger partial charge in [-0.05, 0) is 6.92 Å². The molecule has 0 saturated carbocycles. The summed E-state index contributed by atoms with van der Waals surface area (Å²) in [7, 11) is 0. The summed E-state index contributed by atoms with van der Waals surface area (Å²) in [6, 6.07) is -0.315. The number of hydrogen-bond acceptors (Lipinski definition) is 2. The molecule has 0 aromatic heterocycles. The average Bonchev–Trinajstić information content (AvgIpc) is 2.36. The van der Waals surface area contributed by atoms with Crippen molar-refractivity contribution in [1.82, 2.24) is 10.6 Å². The summed E-state index contributed by atoms with van der Waals surface area (Å²) in [5, 5.41) is 5.44. The van der Waals surface area contributed by atoms with Gasteiger partial charge in [0.05, 0.1) is 6.04 Å². The van der Waals surface area contributed by atoms with Crippen LogP contribution in [0.1, 0.15) is 13.3 Å². The Balaban J connectivity index is 2.31. The summed E-state index contributed by atoms with van der Waals surface area (Å²) in [6.07, 6.45) is -0.547. The Morgan fingerprint density at radius 2 is 2.55 bits per heavy atom. The largest absolute Gasteiger partial charge is 0.355 e. The average molecular weight is 160 g/mol. The van der Waals surface area contributed by atoms with Gasteiger partial charge in [0.2, 0.25) is 5.91 Å². The number of halogens is 1. The van der Waals surface area contributed by atoms with Crippen LogP contribution in [0.4, 0.5) is 4.39 Å². The summed E-state index contributed by atoms with van der Waals surface area (Å²) in [5.41, 5.74) is 0. The number of nitrogens with one attached hydrogen (secondary N) is 2. The molecule has 1 rings (SSSR count). The smallest absolute Gasteiger partial charge is 0.237 e. The molecule has 4 heteroatoms. The topological polar surface area (TPSA) is 41.1 Å². The molecule has 11 heavy (non-hydrogen) atoms. The fourth-order valence-corrected chi connectivity index (χ4v) is 1.19. The van der Waals surface area contributed by atoms with Crippen LogP contribution in [0.2, 0.25) is 0 Å². The van der Waals surface area contributed by atoms with Crippen LogP contribution in [0.15, 0.2) is 0 Å². The van der Waals surface area contributed by atoms with Crippen molar-refractivity contribution in [3.63, 3.8) is 0 Å².